The Bertz CT molecular complexity index is 1140. The fourth-order valence-electron chi connectivity index (χ4n) is 3.42. The van der Waals surface area contributed by atoms with E-state index in [1.807, 2.05) is 0 Å². The van der Waals surface area contributed by atoms with E-state index >= 15 is 0 Å². The summed E-state index contributed by atoms with van der Waals surface area (Å²) in [6, 6.07) is 19.5. The van der Waals surface area contributed by atoms with E-state index < -0.39 is 0 Å². The number of H-pyrrole nitrogens is 2. The molecule has 0 bridgehead atoms. The molecule has 0 amide bonds. The summed E-state index contributed by atoms with van der Waals surface area (Å²) in [4.78, 5) is 7.11. The highest BCUT2D eigenvalue weighted by atomic mass is 14.7. The molecule has 21 heavy (non-hydrogen) atoms. The van der Waals surface area contributed by atoms with Gasteiger partial charge in [-0.15, -0.1) is 0 Å². The minimum Gasteiger partial charge on any atom is -0.354 e. The van der Waals surface area contributed by atoms with Gasteiger partial charge in [-0.25, -0.2) is 0 Å². The van der Waals surface area contributed by atoms with Crippen LogP contribution in [-0.2, 0) is 0 Å². The summed E-state index contributed by atoms with van der Waals surface area (Å²) in [7, 11) is 0. The van der Waals surface area contributed by atoms with E-state index in [1.54, 1.807) is 0 Å². The quantitative estimate of drug-likeness (QED) is 0.384. The number of para-hydroxylation sites is 1. The molecule has 100 valence electrons. The van der Waals surface area contributed by atoms with Crippen LogP contribution in [0.4, 0.5) is 0 Å². The zero-order valence-corrected chi connectivity index (χ0v) is 11.7. The normalized spacial score (nSPS) is 12.0. The summed E-state index contributed by atoms with van der Waals surface area (Å²) < 4.78 is 0. The van der Waals surface area contributed by atoms with Gasteiger partial charge in [0, 0.05) is 38.1 Å². The second-order valence-electron chi connectivity index (χ2n) is 5.76. The third kappa shape index (κ3) is 1.37. The fourth-order valence-corrected chi connectivity index (χ4v) is 3.42. The number of aromatic amines is 2. The van der Waals surface area contributed by atoms with Gasteiger partial charge in [0.25, 0.3) is 0 Å². The van der Waals surface area contributed by atoms with E-state index in [2.05, 4.69) is 71.5 Å². The van der Waals surface area contributed by atoms with Crippen LogP contribution in [0.15, 0.2) is 54.6 Å². The molecule has 0 saturated carbocycles. The second kappa shape index (κ2) is 3.67. The molecule has 5 rings (SSSR count). The maximum Gasteiger partial charge on any atom is 0.0566 e. The Morgan fingerprint density at radius 2 is 1.48 bits per heavy atom. The first-order valence-electron chi connectivity index (χ1n) is 7.23. The van der Waals surface area contributed by atoms with Gasteiger partial charge >= 0.3 is 0 Å². The molecule has 0 saturated heterocycles. The molecule has 2 heteroatoms. The van der Waals surface area contributed by atoms with Crippen molar-refractivity contribution in [3.63, 3.8) is 0 Å². The number of hydrogen-bond acceptors (Lipinski definition) is 0. The molecule has 0 atom stereocenters. The Morgan fingerprint density at radius 3 is 2.43 bits per heavy atom. The standard InChI is InChI=1S/C19H14N2/c1-11-6-8-16-14(10-11)12-7-9-17-18(19(12)21-16)13-4-2-3-5-15(13)20-17/h2-10,20-21H,1H3. The molecule has 0 radical (unpaired) electrons. The van der Waals surface area contributed by atoms with E-state index in [0.717, 1.165) is 0 Å². The number of nitrogens with one attached hydrogen (secondary N) is 2. The van der Waals surface area contributed by atoms with Gasteiger partial charge in [-0.1, -0.05) is 35.9 Å². The zero-order valence-electron chi connectivity index (χ0n) is 11.7. The van der Waals surface area contributed by atoms with Crippen LogP contribution >= 0.6 is 0 Å². The van der Waals surface area contributed by atoms with Gasteiger partial charge < -0.3 is 9.97 Å². The first-order valence-corrected chi connectivity index (χ1v) is 7.23. The monoisotopic (exact) mass is 270 g/mol. The predicted molar refractivity (Wildman–Crippen MR) is 89.9 cm³/mol. The van der Waals surface area contributed by atoms with Crippen LogP contribution in [0.25, 0.3) is 43.6 Å². The molecule has 5 aromatic rings. The van der Waals surface area contributed by atoms with Crippen LogP contribution in [0.5, 0.6) is 0 Å². The lowest BCUT2D eigenvalue weighted by atomic mass is 10.1. The Labute approximate surface area is 121 Å². The van der Waals surface area contributed by atoms with E-state index in [4.69, 9.17) is 0 Å². The van der Waals surface area contributed by atoms with E-state index in [-0.39, 0.29) is 0 Å². The lowest BCUT2D eigenvalue weighted by Gasteiger charge is -1.95. The highest BCUT2D eigenvalue weighted by Crippen LogP contribution is 2.35. The predicted octanol–water partition coefficient (Wildman–Crippen LogP) is 5.26. The maximum absolute atomic E-state index is 3.61. The van der Waals surface area contributed by atoms with Crippen LogP contribution < -0.4 is 0 Å². The summed E-state index contributed by atoms with van der Waals surface area (Å²) in [5, 5.41) is 5.17. The van der Waals surface area contributed by atoms with Gasteiger partial charge in [0.1, 0.15) is 0 Å². The summed E-state index contributed by atoms with van der Waals surface area (Å²) in [5.41, 5.74) is 6.10. The molecule has 0 spiro atoms. The van der Waals surface area contributed by atoms with Crippen LogP contribution in [0.3, 0.4) is 0 Å². The average Bonchev–Trinajstić information content (AvgIpc) is 3.04. The van der Waals surface area contributed by atoms with Crippen LogP contribution in [0.2, 0.25) is 0 Å². The molecule has 0 aliphatic carbocycles. The van der Waals surface area contributed by atoms with Gasteiger partial charge in [0.15, 0.2) is 0 Å². The summed E-state index contributed by atoms with van der Waals surface area (Å²) >= 11 is 0. The van der Waals surface area contributed by atoms with E-state index in [9.17, 15) is 0 Å². The summed E-state index contributed by atoms with van der Waals surface area (Å²) in [6.45, 7) is 2.14. The Hall–Kier alpha value is -2.74. The summed E-state index contributed by atoms with van der Waals surface area (Å²) in [6.07, 6.45) is 0. The maximum atomic E-state index is 3.61. The molecule has 2 N–H and O–H groups in total. The smallest absolute Gasteiger partial charge is 0.0566 e. The van der Waals surface area contributed by atoms with Crippen LogP contribution in [-0.4, -0.2) is 9.97 Å². The minimum atomic E-state index is 1.19. The summed E-state index contributed by atoms with van der Waals surface area (Å²) in [5.74, 6) is 0. The molecule has 0 unspecified atom stereocenters. The van der Waals surface area contributed by atoms with Crippen molar-refractivity contribution in [1.82, 2.24) is 9.97 Å². The van der Waals surface area contributed by atoms with Gasteiger partial charge in [0.05, 0.1) is 5.52 Å². The van der Waals surface area contributed by atoms with Crippen molar-refractivity contribution < 1.29 is 0 Å². The third-order valence-corrected chi connectivity index (χ3v) is 4.40. The van der Waals surface area contributed by atoms with Crippen molar-refractivity contribution in [2.24, 2.45) is 0 Å². The van der Waals surface area contributed by atoms with Gasteiger partial charge in [-0.05, 0) is 31.2 Å². The molecule has 3 aromatic carbocycles. The average molecular weight is 270 g/mol. The lowest BCUT2D eigenvalue weighted by Crippen LogP contribution is -1.72. The SMILES string of the molecule is Cc1ccc2[nH]c3c(ccc4[nH]c5ccccc5c43)c2c1. The topological polar surface area (TPSA) is 31.6 Å². The van der Waals surface area contributed by atoms with Crippen molar-refractivity contribution >= 4 is 43.6 Å². The van der Waals surface area contributed by atoms with Gasteiger partial charge in [-0.3, -0.25) is 0 Å². The second-order valence-corrected chi connectivity index (χ2v) is 5.76. The fraction of sp³-hybridized carbons (Fsp3) is 0.0526. The first-order chi connectivity index (χ1) is 10.3. The highest BCUT2D eigenvalue weighted by Gasteiger charge is 2.11. The van der Waals surface area contributed by atoms with Crippen LogP contribution in [0, 0.1) is 6.92 Å². The Morgan fingerprint density at radius 1 is 0.667 bits per heavy atom. The number of fused-ring (bicyclic) bond motifs is 7. The van der Waals surface area contributed by atoms with Crippen molar-refractivity contribution in [2.45, 2.75) is 6.92 Å². The van der Waals surface area contributed by atoms with Crippen molar-refractivity contribution in [2.75, 3.05) is 0 Å². The van der Waals surface area contributed by atoms with E-state index in [1.165, 1.54) is 49.2 Å². The number of aryl methyl sites for hydroxylation is 1. The third-order valence-electron chi connectivity index (χ3n) is 4.40. The number of benzene rings is 3. The minimum absolute atomic E-state index is 1.19. The number of hydrogen-bond donors (Lipinski definition) is 2. The molecule has 0 aliphatic rings. The molecule has 2 nitrogen and oxygen atoms in total. The number of rotatable bonds is 0. The Kier molecular flexibility index (Phi) is 1.92. The van der Waals surface area contributed by atoms with Crippen molar-refractivity contribution in [1.29, 1.82) is 0 Å². The van der Waals surface area contributed by atoms with Gasteiger partial charge in [-0.2, -0.15) is 0 Å². The van der Waals surface area contributed by atoms with Crippen molar-refractivity contribution in [3.05, 3.63) is 60.2 Å². The lowest BCUT2D eigenvalue weighted by molar-refractivity contribution is 1.49. The Balaban J connectivity index is 2.10. The van der Waals surface area contributed by atoms with Crippen LogP contribution in [0.1, 0.15) is 5.56 Å². The van der Waals surface area contributed by atoms with Gasteiger partial charge in [0.2, 0.25) is 0 Å². The molecule has 0 fully saturated rings. The van der Waals surface area contributed by atoms with Crippen molar-refractivity contribution in [3.8, 4) is 0 Å². The molecule has 2 heterocycles. The number of aromatic nitrogens is 2. The highest BCUT2D eigenvalue weighted by molar-refractivity contribution is 6.24. The molecule has 2 aromatic heterocycles. The largest absolute Gasteiger partial charge is 0.354 e. The molecule has 0 aliphatic heterocycles. The molecular formula is C19H14N2. The molecular weight excluding hydrogens is 256 g/mol. The van der Waals surface area contributed by atoms with E-state index in [0.29, 0.717) is 0 Å². The zero-order chi connectivity index (χ0) is 14.0. The first kappa shape index (κ1) is 11.0.